The van der Waals surface area contributed by atoms with Gasteiger partial charge in [-0.2, -0.15) is 8.78 Å². The van der Waals surface area contributed by atoms with Crippen LogP contribution in [0.15, 0.2) is 17.1 Å². The largest absolute Gasteiger partial charge is 0.320 e. The minimum absolute atomic E-state index is 0.150. The van der Waals surface area contributed by atoms with Crippen LogP contribution in [-0.4, -0.2) is 9.55 Å². The van der Waals surface area contributed by atoms with Gasteiger partial charge in [-0.3, -0.25) is 4.57 Å². The second-order valence-corrected chi connectivity index (χ2v) is 2.09. The highest BCUT2D eigenvalue weighted by molar-refractivity contribution is 9.10. The number of alkyl halides is 2. The van der Waals surface area contributed by atoms with E-state index >= 15 is 0 Å². The number of hydrogen-bond donors (Lipinski definition) is 0. The average Bonchev–Trinajstić information content (AvgIpc) is 2.13. The van der Waals surface area contributed by atoms with E-state index in [1.54, 1.807) is 0 Å². The van der Waals surface area contributed by atoms with E-state index in [0.717, 1.165) is 4.57 Å². The lowest BCUT2D eigenvalue weighted by atomic mass is 10.9. The molecule has 0 atom stereocenters. The lowest BCUT2D eigenvalue weighted by molar-refractivity contribution is 0.0677. The van der Waals surface area contributed by atoms with Crippen molar-refractivity contribution in [3.05, 3.63) is 17.1 Å². The fourth-order valence-corrected chi connectivity index (χ4v) is 0.832. The van der Waals surface area contributed by atoms with Gasteiger partial charge in [-0.05, 0) is 15.9 Å². The van der Waals surface area contributed by atoms with Gasteiger partial charge < -0.3 is 0 Å². The fraction of sp³-hybridized carbons (Fsp3) is 0.250. The standard InChI is InChI=1S/C4H3BrF2N2/c5-3-8-1-2-9(3)4(6)7/h1-2,4H. The first-order valence-electron chi connectivity index (χ1n) is 2.18. The summed E-state index contributed by atoms with van der Waals surface area (Å²) in [6.45, 7) is -2.51. The molecule has 9 heavy (non-hydrogen) atoms. The van der Waals surface area contributed by atoms with Crippen molar-refractivity contribution >= 4 is 15.9 Å². The number of imidazole rings is 1. The van der Waals surface area contributed by atoms with Crippen molar-refractivity contribution in [1.29, 1.82) is 0 Å². The van der Waals surface area contributed by atoms with Gasteiger partial charge in [0.1, 0.15) is 0 Å². The first-order valence-corrected chi connectivity index (χ1v) is 2.97. The first-order chi connectivity index (χ1) is 4.22. The van der Waals surface area contributed by atoms with E-state index in [1.807, 2.05) is 0 Å². The molecule has 0 N–H and O–H groups in total. The van der Waals surface area contributed by atoms with Crippen molar-refractivity contribution in [1.82, 2.24) is 9.55 Å². The Balaban J connectivity index is 2.94. The van der Waals surface area contributed by atoms with Crippen LogP contribution < -0.4 is 0 Å². The van der Waals surface area contributed by atoms with Crippen LogP contribution in [0.4, 0.5) is 8.78 Å². The zero-order chi connectivity index (χ0) is 6.85. The van der Waals surface area contributed by atoms with Crippen LogP contribution in [-0.2, 0) is 0 Å². The lowest BCUT2D eigenvalue weighted by Gasteiger charge is -1.98. The van der Waals surface area contributed by atoms with Gasteiger partial charge in [-0.15, -0.1) is 0 Å². The second-order valence-electron chi connectivity index (χ2n) is 1.38. The topological polar surface area (TPSA) is 17.8 Å². The Morgan fingerprint density at radius 2 is 2.33 bits per heavy atom. The van der Waals surface area contributed by atoms with Crippen molar-refractivity contribution < 1.29 is 8.78 Å². The van der Waals surface area contributed by atoms with E-state index in [0.29, 0.717) is 0 Å². The fourth-order valence-electron chi connectivity index (χ4n) is 0.440. The number of rotatable bonds is 1. The maximum Gasteiger partial charge on any atom is 0.320 e. The van der Waals surface area contributed by atoms with Crippen molar-refractivity contribution in [2.75, 3.05) is 0 Å². The molecule has 0 saturated carbocycles. The Labute approximate surface area is 58.6 Å². The third-order valence-corrected chi connectivity index (χ3v) is 1.45. The van der Waals surface area contributed by atoms with Gasteiger partial charge >= 0.3 is 6.55 Å². The highest BCUT2D eigenvalue weighted by Crippen LogP contribution is 2.15. The van der Waals surface area contributed by atoms with E-state index < -0.39 is 6.55 Å². The van der Waals surface area contributed by atoms with Crippen LogP contribution in [0, 0.1) is 0 Å². The van der Waals surface area contributed by atoms with E-state index in [9.17, 15) is 8.78 Å². The predicted molar refractivity (Wildman–Crippen MR) is 31.2 cm³/mol. The molecule has 0 bridgehead atoms. The second kappa shape index (κ2) is 2.43. The Morgan fingerprint density at radius 3 is 2.56 bits per heavy atom. The first kappa shape index (κ1) is 6.67. The van der Waals surface area contributed by atoms with Gasteiger partial charge in [-0.25, -0.2) is 4.98 Å². The van der Waals surface area contributed by atoms with Crippen LogP contribution in [0.5, 0.6) is 0 Å². The maximum absolute atomic E-state index is 11.8. The van der Waals surface area contributed by atoms with E-state index in [1.165, 1.54) is 12.4 Å². The monoisotopic (exact) mass is 196 g/mol. The summed E-state index contributed by atoms with van der Waals surface area (Å²) in [7, 11) is 0. The molecule has 0 saturated heterocycles. The average molecular weight is 197 g/mol. The minimum atomic E-state index is -2.51. The zero-order valence-electron chi connectivity index (χ0n) is 4.26. The SMILES string of the molecule is FC(F)n1ccnc1Br. The summed E-state index contributed by atoms with van der Waals surface area (Å²) in [5.74, 6) is 0. The minimum Gasteiger partial charge on any atom is -0.268 e. The number of hydrogen-bond acceptors (Lipinski definition) is 1. The van der Waals surface area contributed by atoms with Crippen LogP contribution in [0.3, 0.4) is 0 Å². The molecule has 1 heterocycles. The maximum atomic E-state index is 11.8. The van der Waals surface area contributed by atoms with Crippen molar-refractivity contribution in [3.8, 4) is 0 Å². The van der Waals surface area contributed by atoms with Gasteiger partial charge in [0.15, 0.2) is 4.73 Å². The van der Waals surface area contributed by atoms with Crippen molar-refractivity contribution in [3.63, 3.8) is 0 Å². The molecule has 0 spiro atoms. The molecule has 1 aromatic heterocycles. The molecular formula is C4H3BrF2N2. The van der Waals surface area contributed by atoms with Crippen LogP contribution in [0.2, 0.25) is 0 Å². The molecule has 0 fully saturated rings. The number of aromatic nitrogens is 2. The quantitative estimate of drug-likeness (QED) is 0.673. The van der Waals surface area contributed by atoms with Gasteiger partial charge in [-0.1, -0.05) is 0 Å². The predicted octanol–water partition coefficient (Wildman–Crippen LogP) is 2.04. The molecule has 1 aromatic rings. The normalized spacial score (nSPS) is 10.7. The van der Waals surface area contributed by atoms with E-state index in [4.69, 9.17) is 0 Å². The smallest absolute Gasteiger partial charge is 0.268 e. The van der Waals surface area contributed by atoms with Crippen molar-refractivity contribution in [2.45, 2.75) is 6.55 Å². The van der Waals surface area contributed by atoms with E-state index in [-0.39, 0.29) is 4.73 Å². The van der Waals surface area contributed by atoms with Crippen LogP contribution in [0.1, 0.15) is 6.55 Å². The van der Waals surface area contributed by atoms with Gasteiger partial charge in [0.05, 0.1) is 0 Å². The summed E-state index contributed by atoms with van der Waals surface area (Å²) in [6.07, 6.45) is 2.50. The van der Waals surface area contributed by atoms with Crippen LogP contribution in [0.25, 0.3) is 0 Å². The summed E-state index contributed by atoms with van der Waals surface area (Å²) < 4.78 is 24.4. The Bertz CT molecular complexity index is 198. The van der Waals surface area contributed by atoms with Crippen molar-refractivity contribution in [2.24, 2.45) is 0 Å². The van der Waals surface area contributed by atoms with Crippen LogP contribution >= 0.6 is 15.9 Å². The van der Waals surface area contributed by atoms with Gasteiger partial charge in [0.25, 0.3) is 0 Å². The molecule has 0 aliphatic heterocycles. The Kier molecular flexibility index (Phi) is 1.80. The summed E-state index contributed by atoms with van der Waals surface area (Å²) in [5, 5.41) is 0. The molecule has 0 amide bonds. The molecule has 0 aliphatic carbocycles. The number of halogens is 3. The molecule has 50 valence electrons. The highest BCUT2D eigenvalue weighted by Gasteiger charge is 2.07. The molecule has 5 heteroatoms. The van der Waals surface area contributed by atoms with E-state index in [2.05, 4.69) is 20.9 Å². The molecule has 0 aromatic carbocycles. The summed E-state index contributed by atoms with van der Waals surface area (Å²) in [6, 6.07) is 0. The third-order valence-electron chi connectivity index (χ3n) is 0.832. The summed E-state index contributed by atoms with van der Waals surface area (Å²) in [4.78, 5) is 3.54. The molecule has 1 rings (SSSR count). The number of nitrogens with zero attached hydrogens (tertiary/aromatic N) is 2. The highest BCUT2D eigenvalue weighted by atomic mass is 79.9. The van der Waals surface area contributed by atoms with Gasteiger partial charge in [0.2, 0.25) is 0 Å². The zero-order valence-corrected chi connectivity index (χ0v) is 5.85. The van der Waals surface area contributed by atoms with Gasteiger partial charge in [0, 0.05) is 12.4 Å². The lowest BCUT2D eigenvalue weighted by Crippen LogP contribution is -1.95. The molecule has 2 nitrogen and oxygen atoms in total. The Hall–Kier alpha value is -0.450. The summed E-state index contributed by atoms with van der Waals surface area (Å²) in [5.41, 5.74) is 0. The molecule has 0 radical (unpaired) electrons. The molecule has 0 aliphatic rings. The summed E-state index contributed by atoms with van der Waals surface area (Å²) >= 11 is 2.84. The third kappa shape index (κ3) is 1.27. The molecule has 0 unspecified atom stereocenters. The Morgan fingerprint density at radius 1 is 1.67 bits per heavy atom. The molecular weight excluding hydrogens is 194 g/mol.